The van der Waals surface area contributed by atoms with Crippen molar-refractivity contribution in [3.05, 3.63) is 17.1 Å². The van der Waals surface area contributed by atoms with Crippen molar-refractivity contribution in [1.82, 2.24) is 4.31 Å². The predicted molar refractivity (Wildman–Crippen MR) is 71.3 cm³/mol. The van der Waals surface area contributed by atoms with Crippen LogP contribution in [0, 0.1) is 19.8 Å². The van der Waals surface area contributed by atoms with E-state index in [4.69, 9.17) is 4.42 Å². The van der Waals surface area contributed by atoms with Gasteiger partial charge in [-0.1, -0.05) is 6.92 Å². The molecule has 1 atom stereocenters. The number of aliphatic hydroxyl groups is 1. The van der Waals surface area contributed by atoms with Gasteiger partial charge < -0.3 is 9.52 Å². The predicted octanol–water partition coefficient (Wildman–Crippen LogP) is 1.81. The van der Waals surface area contributed by atoms with Crippen LogP contribution in [0.15, 0.2) is 9.31 Å². The number of piperidine rings is 1. The van der Waals surface area contributed by atoms with Crippen LogP contribution in [-0.2, 0) is 16.6 Å². The molecular formula is C13H21NO4S. The number of aryl methyl sites for hydroxylation is 2. The molecular weight excluding hydrogens is 266 g/mol. The van der Waals surface area contributed by atoms with Gasteiger partial charge in [-0.15, -0.1) is 0 Å². The van der Waals surface area contributed by atoms with Crippen LogP contribution in [0.1, 0.15) is 36.8 Å². The number of hydrogen-bond acceptors (Lipinski definition) is 4. The summed E-state index contributed by atoms with van der Waals surface area (Å²) in [5, 5.41) is 9.38. The first-order chi connectivity index (χ1) is 8.87. The van der Waals surface area contributed by atoms with Crippen molar-refractivity contribution in [1.29, 1.82) is 0 Å². The van der Waals surface area contributed by atoms with E-state index in [9.17, 15) is 13.5 Å². The molecule has 0 aromatic carbocycles. The average Bonchev–Trinajstić information content (AvgIpc) is 2.64. The second-order valence-corrected chi connectivity index (χ2v) is 7.17. The topological polar surface area (TPSA) is 70.8 Å². The Morgan fingerprint density at radius 1 is 1.37 bits per heavy atom. The number of hydrogen-bond donors (Lipinski definition) is 1. The summed E-state index contributed by atoms with van der Waals surface area (Å²) in [6.45, 7) is 6.13. The van der Waals surface area contributed by atoms with Gasteiger partial charge in [-0.3, -0.25) is 0 Å². The van der Waals surface area contributed by atoms with Gasteiger partial charge in [0.15, 0.2) is 0 Å². The molecule has 5 nitrogen and oxygen atoms in total. The largest absolute Gasteiger partial charge is 0.465 e. The van der Waals surface area contributed by atoms with Gasteiger partial charge in [-0.2, -0.15) is 4.31 Å². The van der Waals surface area contributed by atoms with Crippen molar-refractivity contribution in [2.45, 2.75) is 45.1 Å². The first-order valence-corrected chi connectivity index (χ1v) is 8.01. The molecule has 1 unspecified atom stereocenters. The number of sulfonamides is 1. The van der Waals surface area contributed by atoms with Crippen LogP contribution in [-0.4, -0.2) is 30.9 Å². The summed E-state index contributed by atoms with van der Waals surface area (Å²) < 4.78 is 32.3. The Balaban J connectivity index is 2.44. The highest BCUT2D eigenvalue weighted by atomic mass is 32.2. The Morgan fingerprint density at radius 3 is 2.63 bits per heavy atom. The standard InChI is InChI=1S/C13H21NO4S/c1-9-5-4-6-14(7-9)19(16,17)13-11(3)18-10(2)12(13)8-15/h9,15H,4-8H2,1-3H3. The van der Waals surface area contributed by atoms with Crippen molar-refractivity contribution >= 4 is 10.0 Å². The zero-order chi connectivity index (χ0) is 14.2. The van der Waals surface area contributed by atoms with Crippen LogP contribution in [0.4, 0.5) is 0 Å². The number of rotatable bonds is 3. The third-order valence-electron chi connectivity index (χ3n) is 3.70. The Kier molecular flexibility index (Phi) is 4.03. The van der Waals surface area contributed by atoms with Crippen LogP contribution in [0.2, 0.25) is 0 Å². The molecule has 2 rings (SSSR count). The fourth-order valence-corrected chi connectivity index (χ4v) is 4.73. The van der Waals surface area contributed by atoms with Gasteiger partial charge in [0.2, 0.25) is 10.0 Å². The van der Waals surface area contributed by atoms with Crippen LogP contribution >= 0.6 is 0 Å². The maximum absolute atomic E-state index is 12.7. The Hall–Kier alpha value is -0.850. The molecule has 6 heteroatoms. The molecule has 0 bridgehead atoms. The number of nitrogens with zero attached hydrogens (tertiary/aromatic N) is 1. The summed E-state index contributed by atoms with van der Waals surface area (Å²) in [6.07, 6.45) is 1.94. The maximum atomic E-state index is 12.7. The molecule has 108 valence electrons. The van der Waals surface area contributed by atoms with E-state index in [0.717, 1.165) is 12.8 Å². The van der Waals surface area contributed by atoms with Gasteiger partial charge >= 0.3 is 0 Å². The van der Waals surface area contributed by atoms with E-state index in [0.29, 0.717) is 36.1 Å². The fraction of sp³-hybridized carbons (Fsp3) is 0.692. The molecule has 1 aliphatic heterocycles. The lowest BCUT2D eigenvalue weighted by Gasteiger charge is -2.30. The molecule has 0 aliphatic carbocycles. The van der Waals surface area contributed by atoms with Gasteiger partial charge in [0.1, 0.15) is 16.4 Å². The SMILES string of the molecule is Cc1oc(C)c(S(=O)(=O)N2CCCC(C)C2)c1CO. The summed E-state index contributed by atoms with van der Waals surface area (Å²) in [6, 6.07) is 0. The zero-order valence-electron chi connectivity index (χ0n) is 11.6. The minimum atomic E-state index is -3.57. The Bertz CT molecular complexity index is 561. The summed E-state index contributed by atoms with van der Waals surface area (Å²) in [4.78, 5) is 0.154. The summed E-state index contributed by atoms with van der Waals surface area (Å²) in [7, 11) is -3.57. The smallest absolute Gasteiger partial charge is 0.246 e. The molecule has 1 fully saturated rings. The highest BCUT2D eigenvalue weighted by Crippen LogP contribution is 2.31. The third kappa shape index (κ3) is 2.57. The molecule has 1 saturated heterocycles. The van der Waals surface area contributed by atoms with E-state index in [-0.39, 0.29) is 11.5 Å². The zero-order valence-corrected chi connectivity index (χ0v) is 12.5. The second-order valence-electron chi connectivity index (χ2n) is 5.29. The van der Waals surface area contributed by atoms with E-state index in [1.165, 1.54) is 4.31 Å². The van der Waals surface area contributed by atoms with Gasteiger partial charge in [0.25, 0.3) is 0 Å². The Labute approximate surface area is 114 Å². The van der Waals surface area contributed by atoms with Crippen LogP contribution in [0.5, 0.6) is 0 Å². The third-order valence-corrected chi connectivity index (χ3v) is 5.76. The molecule has 1 aromatic rings. The Morgan fingerprint density at radius 2 is 2.05 bits per heavy atom. The van der Waals surface area contributed by atoms with Crippen molar-refractivity contribution in [3.63, 3.8) is 0 Å². The average molecular weight is 287 g/mol. The highest BCUT2D eigenvalue weighted by molar-refractivity contribution is 7.89. The normalized spacial score (nSPS) is 21.8. The highest BCUT2D eigenvalue weighted by Gasteiger charge is 2.34. The van der Waals surface area contributed by atoms with Gasteiger partial charge in [0.05, 0.1) is 6.61 Å². The number of furan rings is 1. The lowest BCUT2D eigenvalue weighted by atomic mass is 10.0. The van der Waals surface area contributed by atoms with Crippen molar-refractivity contribution in [3.8, 4) is 0 Å². The minimum Gasteiger partial charge on any atom is -0.465 e. The van der Waals surface area contributed by atoms with Crippen molar-refractivity contribution in [2.75, 3.05) is 13.1 Å². The molecule has 1 N–H and O–H groups in total. The first-order valence-electron chi connectivity index (χ1n) is 6.57. The van der Waals surface area contributed by atoms with Crippen molar-refractivity contribution < 1.29 is 17.9 Å². The monoisotopic (exact) mass is 287 g/mol. The minimum absolute atomic E-state index is 0.154. The molecule has 0 spiro atoms. The first kappa shape index (κ1) is 14.6. The van der Waals surface area contributed by atoms with E-state index >= 15 is 0 Å². The molecule has 2 heterocycles. The van der Waals surface area contributed by atoms with Crippen LogP contribution < -0.4 is 0 Å². The van der Waals surface area contributed by atoms with E-state index in [1.807, 2.05) is 0 Å². The fourth-order valence-electron chi connectivity index (χ4n) is 2.72. The van der Waals surface area contributed by atoms with E-state index < -0.39 is 10.0 Å². The lowest BCUT2D eigenvalue weighted by Crippen LogP contribution is -2.39. The number of aliphatic hydroxyl groups excluding tert-OH is 1. The molecule has 0 radical (unpaired) electrons. The van der Waals surface area contributed by atoms with Crippen LogP contribution in [0.3, 0.4) is 0 Å². The molecule has 1 aliphatic rings. The van der Waals surface area contributed by atoms with Crippen LogP contribution in [0.25, 0.3) is 0 Å². The van der Waals surface area contributed by atoms with E-state index in [2.05, 4.69) is 6.92 Å². The van der Waals surface area contributed by atoms with E-state index in [1.54, 1.807) is 13.8 Å². The molecule has 19 heavy (non-hydrogen) atoms. The second kappa shape index (κ2) is 5.26. The molecule has 0 saturated carbocycles. The van der Waals surface area contributed by atoms with Gasteiger partial charge in [-0.05, 0) is 32.6 Å². The molecule has 0 amide bonds. The van der Waals surface area contributed by atoms with Crippen molar-refractivity contribution in [2.24, 2.45) is 5.92 Å². The molecule has 1 aromatic heterocycles. The lowest BCUT2D eigenvalue weighted by molar-refractivity contribution is 0.271. The van der Waals surface area contributed by atoms with Gasteiger partial charge in [0, 0.05) is 18.7 Å². The summed E-state index contributed by atoms with van der Waals surface area (Å²) in [5.74, 6) is 1.21. The maximum Gasteiger partial charge on any atom is 0.246 e. The van der Waals surface area contributed by atoms with Gasteiger partial charge in [-0.25, -0.2) is 8.42 Å². The summed E-state index contributed by atoms with van der Waals surface area (Å²) in [5.41, 5.74) is 0.385. The summed E-state index contributed by atoms with van der Waals surface area (Å²) >= 11 is 0. The quantitative estimate of drug-likeness (QED) is 0.920.